The van der Waals surface area contributed by atoms with Gasteiger partial charge < -0.3 is 9.64 Å². The van der Waals surface area contributed by atoms with Gasteiger partial charge >= 0.3 is 6.09 Å². The van der Waals surface area contributed by atoms with Gasteiger partial charge in [0.2, 0.25) is 0 Å². The van der Waals surface area contributed by atoms with Gasteiger partial charge in [0.05, 0.1) is 6.61 Å². The first-order valence-corrected chi connectivity index (χ1v) is 8.19. The zero-order valence-corrected chi connectivity index (χ0v) is 12.9. The Morgan fingerprint density at radius 2 is 2.10 bits per heavy atom. The van der Waals surface area contributed by atoms with Crippen LogP contribution in [0.25, 0.3) is 0 Å². The average Bonchev–Trinajstić information content (AvgIpc) is 2.92. The number of hydrogen-bond acceptors (Lipinski definition) is 2. The summed E-state index contributed by atoms with van der Waals surface area (Å²) in [7, 11) is 0. The van der Waals surface area contributed by atoms with E-state index < -0.39 is 0 Å². The smallest absolute Gasteiger partial charge is 0.409 e. The second kappa shape index (κ2) is 6.08. The predicted octanol–water partition coefficient (Wildman–Crippen LogP) is 4.19. The SMILES string of the molecule is CCCCOC(=O)N1CC2(CCC(c3ccccc3)C2)C1. The third kappa shape index (κ3) is 3.07. The van der Waals surface area contributed by atoms with E-state index in [1.54, 1.807) is 0 Å². The zero-order valence-electron chi connectivity index (χ0n) is 12.9. The highest BCUT2D eigenvalue weighted by Gasteiger charge is 2.50. The Morgan fingerprint density at radius 3 is 2.81 bits per heavy atom. The van der Waals surface area contributed by atoms with Crippen molar-refractivity contribution in [3.05, 3.63) is 35.9 Å². The summed E-state index contributed by atoms with van der Waals surface area (Å²) in [6, 6.07) is 10.8. The number of ether oxygens (including phenoxy) is 1. The molecule has 3 nitrogen and oxygen atoms in total. The number of benzene rings is 1. The molecule has 1 heterocycles. The number of rotatable bonds is 4. The van der Waals surface area contributed by atoms with Crippen LogP contribution >= 0.6 is 0 Å². The van der Waals surface area contributed by atoms with Gasteiger partial charge in [0.15, 0.2) is 0 Å². The molecule has 0 bridgehead atoms. The Labute approximate surface area is 127 Å². The molecule has 1 saturated heterocycles. The van der Waals surface area contributed by atoms with Crippen LogP contribution in [0.15, 0.2) is 30.3 Å². The summed E-state index contributed by atoms with van der Waals surface area (Å²) in [5, 5.41) is 0. The lowest BCUT2D eigenvalue weighted by atomic mass is 9.77. The third-order valence-corrected chi connectivity index (χ3v) is 5.01. The maximum atomic E-state index is 11.9. The Balaban J connectivity index is 1.48. The fourth-order valence-electron chi connectivity index (χ4n) is 3.79. The molecular weight excluding hydrogens is 262 g/mol. The van der Waals surface area contributed by atoms with Gasteiger partial charge in [-0.05, 0) is 37.2 Å². The van der Waals surface area contributed by atoms with Crippen molar-refractivity contribution in [2.45, 2.75) is 44.9 Å². The Kier molecular flexibility index (Phi) is 4.18. The zero-order chi connectivity index (χ0) is 14.7. The number of unbranched alkanes of at least 4 members (excludes halogenated alkanes) is 1. The molecule has 1 aliphatic carbocycles. The predicted molar refractivity (Wildman–Crippen MR) is 83.3 cm³/mol. The van der Waals surface area contributed by atoms with Crippen LogP contribution in [0.2, 0.25) is 0 Å². The quantitative estimate of drug-likeness (QED) is 0.777. The van der Waals surface area contributed by atoms with Crippen LogP contribution in [0.4, 0.5) is 4.79 Å². The molecular formula is C18H25NO2. The molecule has 1 saturated carbocycles. The summed E-state index contributed by atoms with van der Waals surface area (Å²) in [6.07, 6.45) is 5.62. The molecule has 0 N–H and O–H groups in total. The van der Waals surface area contributed by atoms with Crippen molar-refractivity contribution >= 4 is 6.09 Å². The van der Waals surface area contributed by atoms with Crippen molar-refractivity contribution in [1.82, 2.24) is 4.90 Å². The topological polar surface area (TPSA) is 29.5 Å². The highest BCUT2D eigenvalue weighted by atomic mass is 16.6. The van der Waals surface area contributed by atoms with Crippen molar-refractivity contribution in [2.75, 3.05) is 19.7 Å². The molecule has 1 unspecified atom stereocenters. The Morgan fingerprint density at radius 1 is 1.33 bits per heavy atom. The molecule has 2 aliphatic rings. The number of likely N-dealkylation sites (tertiary alicyclic amines) is 1. The number of hydrogen-bond donors (Lipinski definition) is 0. The Bertz CT molecular complexity index is 479. The molecule has 1 aliphatic heterocycles. The minimum Gasteiger partial charge on any atom is -0.449 e. The first-order valence-electron chi connectivity index (χ1n) is 8.19. The van der Waals surface area contributed by atoms with E-state index in [2.05, 4.69) is 37.3 Å². The lowest BCUT2D eigenvalue weighted by molar-refractivity contribution is -0.000717. The van der Waals surface area contributed by atoms with Gasteiger partial charge in [-0.3, -0.25) is 0 Å². The van der Waals surface area contributed by atoms with Crippen LogP contribution in [0.5, 0.6) is 0 Å². The van der Waals surface area contributed by atoms with Crippen molar-refractivity contribution in [3.63, 3.8) is 0 Å². The second-order valence-corrected chi connectivity index (χ2v) is 6.67. The highest BCUT2D eigenvalue weighted by Crippen LogP contribution is 2.51. The molecule has 1 atom stereocenters. The van der Waals surface area contributed by atoms with Crippen molar-refractivity contribution in [2.24, 2.45) is 5.41 Å². The number of nitrogens with zero attached hydrogens (tertiary/aromatic N) is 1. The van der Waals surface area contributed by atoms with E-state index >= 15 is 0 Å². The first kappa shape index (κ1) is 14.4. The van der Waals surface area contributed by atoms with Crippen molar-refractivity contribution < 1.29 is 9.53 Å². The summed E-state index contributed by atoms with van der Waals surface area (Å²) in [4.78, 5) is 13.8. The maximum Gasteiger partial charge on any atom is 0.409 e. The molecule has 1 amide bonds. The fraction of sp³-hybridized carbons (Fsp3) is 0.611. The largest absolute Gasteiger partial charge is 0.449 e. The lowest BCUT2D eigenvalue weighted by Crippen LogP contribution is -2.57. The molecule has 1 spiro atoms. The molecule has 114 valence electrons. The van der Waals surface area contributed by atoms with Crippen LogP contribution in [0.3, 0.4) is 0 Å². The van der Waals surface area contributed by atoms with E-state index in [4.69, 9.17) is 4.74 Å². The molecule has 0 radical (unpaired) electrons. The minimum absolute atomic E-state index is 0.114. The van der Waals surface area contributed by atoms with Crippen molar-refractivity contribution in [3.8, 4) is 0 Å². The normalized spacial score (nSPS) is 23.1. The van der Waals surface area contributed by atoms with Gasteiger partial charge in [0, 0.05) is 18.5 Å². The van der Waals surface area contributed by atoms with Gasteiger partial charge in [-0.1, -0.05) is 43.7 Å². The molecule has 1 aromatic rings. The molecule has 3 rings (SSSR count). The molecule has 2 fully saturated rings. The van der Waals surface area contributed by atoms with Crippen LogP contribution in [-0.4, -0.2) is 30.7 Å². The third-order valence-electron chi connectivity index (χ3n) is 5.01. The summed E-state index contributed by atoms with van der Waals surface area (Å²) in [6.45, 7) is 4.45. The number of carbonyl (C=O) groups is 1. The van der Waals surface area contributed by atoms with Crippen LogP contribution in [0, 0.1) is 5.41 Å². The second-order valence-electron chi connectivity index (χ2n) is 6.67. The van der Waals surface area contributed by atoms with Gasteiger partial charge in [-0.15, -0.1) is 0 Å². The van der Waals surface area contributed by atoms with Crippen LogP contribution < -0.4 is 0 Å². The first-order chi connectivity index (χ1) is 10.2. The van der Waals surface area contributed by atoms with E-state index in [0.29, 0.717) is 17.9 Å². The molecule has 3 heteroatoms. The molecule has 1 aromatic carbocycles. The van der Waals surface area contributed by atoms with E-state index in [9.17, 15) is 4.79 Å². The van der Waals surface area contributed by atoms with Gasteiger partial charge in [0.1, 0.15) is 0 Å². The van der Waals surface area contributed by atoms with Gasteiger partial charge in [-0.25, -0.2) is 4.79 Å². The summed E-state index contributed by atoms with van der Waals surface area (Å²) >= 11 is 0. The van der Waals surface area contributed by atoms with Gasteiger partial charge in [0.25, 0.3) is 0 Å². The van der Waals surface area contributed by atoms with E-state index in [1.165, 1.54) is 24.8 Å². The summed E-state index contributed by atoms with van der Waals surface area (Å²) in [5.41, 5.74) is 1.82. The summed E-state index contributed by atoms with van der Waals surface area (Å²) in [5.74, 6) is 0.671. The molecule has 0 aromatic heterocycles. The molecule has 21 heavy (non-hydrogen) atoms. The standard InChI is InChI=1S/C18H25NO2/c1-2-3-11-21-17(20)19-13-18(14-19)10-9-16(12-18)15-7-5-4-6-8-15/h4-8,16H,2-3,9-14H2,1H3. The number of carbonyl (C=O) groups excluding carboxylic acids is 1. The van der Waals surface area contributed by atoms with E-state index in [1.807, 2.05) is 4.90 Å². The fourth-order valence-corrected chi connectivity index (χ4v) is 3.79. The maximum absolute atomic E-state index is 11.9. The highest BCUT2D eigenvalue weighted by molar-refractivity contribution is 5.69. The lowest BCUT2D eigenvalue weighted by Gasteiger charge is -2.47. The average molecular weight is 287 g/mol. The van der Waals surface area contributed by atoms with E-state index in [0.717, 1.165) is 25.9 Å². The van der Waals surface area contributed by atoms with Crippen LogP contribution in [-0.2, 0) is 4.74 Å². The monoisotopic (exact) mass is 287 g/mol. The Hall–Kier alpha value is -1.51. The number of amides is 1. The van der Waals surface area contributed by atoms with Crippen LogP contribution in [0.1, 0.15) is 50.5 Å². The van der Waals surface area contributed by atoms with Crippen molar-refractivity contribution in [1.29, 1.82) is 0 Å². The summed E-state index contributed by atoms with van der Waals surface area (Å²) < 4.78 is 5.29. The van der Waals surface area contributed by atoms with E-state index in [-0.39, 0.29) is 6.09 Å². The minimum atomic E-state index is -0.114. The van der Waals surface area contributed by atoms with Gasteiger partial charge in [-0.2, -0.15) is 0 Å².